The summed E-state index contributed by atoms with van der Waals surface area (Å²) in [7, 11) is 1.36. The summed E-state index contributed by atoms with van der Waals surface area (Å²) in [6.45, 7) is 1.43. The van der Waals surface area contributed by atoms with E-state index in [1.807, 2.05) is 0 Å². The molecule has 0 saturated carbocycles. The second-order valence-electron chi connectivity index (χ2n) is 6.47. The Labute approximate surface area is 161 Å². The quantitative estimate of drug-likeness (QED) is 0.614. The Bertz CT molecular complexity index is 871. The van der Waals surface area contributed by atoms with E-state index in [0.29, 0.717) is 21.8 Å². The van der Waals surface area contributed by atoms with Gasteiger partial charge in [0, 0.05) is 23.1 Å². The minimum atomic E-state index is -0.411. The average molecular weight is 386 g/mol. The molecule has 1 aromatic heterocycles. The maximum absolute atomic E-state index is 12.6. The second kappa shape index (κ2) is 8.35. The predicted octanol–water partition coefficient (Wildman–Crippen LogP) is 4.01. The van der Waals surface area contributed by atoms with Gasteiger partial charge in [0.25, 0.3) is 5.91 Å². The lowest BCUT2D eigenvalue weighted by atomic mass is 10.1. The summed E-state index contributed by atoms with van der Waals surface area (Å²) in [5, 5.41) is 6.08. The van der Waals surface area contributed by atoms with Crippen LogP contribution in [0.15, 0.2) is 24.3 Å². The molecule has 1 aliphatic rings. The third kappa shape index (κ3) is 4.36. The van der Waals surface area contributed by atoms with Gasteiger partial charge in [-0.05, 0) is 55.5 Å². The largest absolute Gasteiger partial charge is 0.465 e. The predicted molar refractivity (Wildman–Crippen MR) is 106 cm³/mol. The van der Waals surface area contributed by atoms with Gasteiger partial charge in [0.2, 0.25) is 5.91 Å². The first kappa shape index (κ1) is 19.1. The molecule has 0 spiro atoms. The fraction of sp³-hybridized carbons (Fsp3) is 0.350. The fourth-order valence-corrected chi connectivity index (χ4v) is 4.50. The van der Waals surface area contributed by atoms with Crippen LogP contribution in [0.5, 0.6) is 0 Å². The summed E-state index contributed by atoms with van der Waals surface area (Å²) in [5.74, 6) is -0.883. The van der Waals surface area contributed by atoms with Crippen molar-refractivity contribution in [1.82, 2.24) is 0 Å². The van der Waals surface area contributed by atoms with E-state index in [0.717, 1.165) is 42.5 Å². The van der Waals surface area contributed by atoms with Gasteiger partial charge in [-0.25, -0.2) is 4.79 Å². The molecule has 142 valence electrons. The van der Waals surface area contributed by atoms with E-state index in [1.165, 1.54) is 25.4 Å². The number of fused-ring (bicyclic) bond motifs is 1. The Balaban J connectivity index is 1.85. The van der Waals surface area contributed by atoms with Crippen molar-refractivity contribution in [3.8, 4) is 0 Å². The van der Waals surface area contributed by atoms with Crippen LogP contribution in [0.2, 0.25) is 0 Å². The van der Waals surface area contributed by atoms with E-state index >= 15 is 0 Å². The first-order valence-corrected chi connectivity index (χ1v) is 9.73. The maximum Gasteiger partial charge on any atom is 0.341 e. The number of carbonyl (C=O) groups is 3. The molecule has 27 heavy (non-hydrogen) atoms. The molecule has 6 nitrogen and oxygen atoms in total. The molecule has 0 radical (unpaired) electrons. The average Bonchev–Trinajstić information content (AvgIpc) is 2.82. The Morgan fingerprint density at radius 3 is 2.37 bits per heavy atom. The number of thiophene rings is 1. The summed E-state index contributed by atoms with van der Waals surface area (Å²) >= 11 is 1.46. The Kier molecular flexibility index (Phi) is 5.91. The number of amides is 2. The zero-order chi connectivity index (χ0) is 19.4. The van der Waals surface area contributed by atoms with E-state index in [4.69, 9.17) is 4.74 Å². The van der Waals surface area contributed by atoms with Gasteiger partial charge in [-0.15, -0.1) is 11.3 Å². The van der Waals surface area contributed by atoms with Crippen LogP contribution in [0.25, 0.3) is 0 Å². The molecule has 0 unspecified atom stereocenters. The minimum Gasteiger partial charge on any atom is -0.465 e. The van der Waals surface area contributed by atoms with Crippen molar-refractivity contribution in [2.45, 2.75) is 39.0 Å². The molecular formula is C20H22N2O4S. The number of aryl methyl sites for hydroxylation is 1. The van der Waals surface area contributed by atoms with Crippen molar-refractivity contribution in [2.24, 2.45) is 0 Å². The minimum absolute atomic E-state index is 0.171. The Morgan fingerprint density at radius 1 is 1.00 bits per heavy atom. The lowest BCUT2D eigenvalue weighted by molar-refractivity contribution is -0.114. The second-order valence-corrected chi connectivity index (χ2v) is 7.58. The number of hydrogen-bond acceptors (Lipinski definition) is 5. The molecule has 2 amide bonds. The van der Waals surface area contributed by atoms with Gasteiger partial charge in [0.1, 0.15) is 5.00 Å². The Morgan fingerprint density at radius 2 is 1.70 bits per heavy atom. The molecule has 0 fully saturated rings. The highest BCUT2D eigenvalue weighted by Gasteiger charge is 2.26. The number of methoxy groups -OCH3 is 1. The highest BCUT2D eigenvalue weighted by atomic mass is 32.1. The first-order chi connectivity index (χ1) is 13.0. The van der Waals surface area contributed by atoms with Crippen LogP contribution < -0.4 is 10.6 Å². The SMILES string of the molecule is COC(=O)c1c(NC(=O)c2ccc(NC(C)=O)cc2)sc2c1CCCCC2. The molecule has 1 aromatic carbocycles. The summed E-state index contributed by atoms with van der Waals surface area (Å²) in [5.41, 5.74) is 2.57. The van der Waals surface area contributed by atoms with Gasteiger partial charge < -0.3 is 15.4 Å². The van der Waals surface area contributed by atoms with Gasteiger partial charge in [-0.2, -0.15) is 0 Å². The van der Waals surface area contributed by atoms with Crippen LogP contribution in [0.4, 0.5) is 10.7 Å². The van der Waals surface area contributed by atoms with Crippen LogP contribution in [-0.4, -0.2) is 24.9 Å². The molecule has 1 aliphatic carbocycles. The zero-order valence-corrected chi connectivity index (χ0v) is 16.2. The molecule has 0 aliphatic heterocycles. The Hall–Kier alpha value is -2.67. The van der Waals surface area contributed by atoms with Crippen molar-refractivity contribution in [2.75, 3.05) is 17.7 Å². The van der Waals surface area contributed by atoms with Crippen LogP contribution in [0.1, 0.15) is 57.3 Å². The van der Waals surface area contributed by atoms with Crippen LogP contribution >= 0.6 is 11.3 Å². The van der Waals surface area contributed by atoms with E-state index in [-0.39, 0.29) is 11.8 Å². The third-order valence-electron chi connectivity index (χ3n) is 4.51. The molecule has 0 bridgehead atoms. The number of hydrogen-bond donors (Lipinski definition) is 2. The maximum atomic E-state index is 12.6. The fourth-order valence-electron chi connectivity index (χ4n) is 3.23. The number of rotatable bonds is 4. The van der Waals surface area contributed by atoms with Crippen molar-refractivity contribution in [3.63, 3.8) is 0 Å². The highest BCUT2D eigenvalue weighted by molar-refractivity contribution is 7.17. The van der Waals surface area contributed by atoms with E-state index < -0.39 is 5.97 Å². The van der Waals surface area contributed by atoms with Crippen LogP contribution in [0.3, 0.4) is 0 Å². The van der Waals surface area contributed by atoms with Crippen molar-refractivity contribution < 1.29 is 19.1 Å². The summed E-state index contributed by atoms with van der Waals surface area (Å²) in [6, 6.07) is 6.61. The van der Waals surface area contributed by atoms with E-state index in [9.17, 15) is 14.4 Å². The number of benzene rings is 1. The summed E-state index contributed by atoms with van der Waals surface area (Å²) in [6.07, 6.45) is 5.02. The molecule has 3 rings (SSSR count). The molecule has 1 heterocycles. The summed E-state index contributed by atoms with van der Waals surface area (Å²) < 4.78 is 4.96. The summed E-state index contributed by atoms with van der Waals surface area (Å²) in [4.78, 5) is 37.2. The van der Waals surface area contributed by atoms with Gasteiger partial charge in [-0.3, -0.25) is 9.59 Å². The standard InChI is InChI=1S/C20H22N2O4S/c1-12(23)21-14-10-8-13(9-11-14)18(24)22-19-17(20(25)26-2)15-6-4-3-5-7-16(15)27-19/h8-11H,3-7H2,1-2H3,(H,21,23)(H,22,24). The number of anilines is 2. The van der Waals surface area contributed by atoms with Crippen molar-refractivity contribution in [1.29, 1.82) is 0 Å². The monoisotopic (exact) mass is 386 g/mol. The molecule has 2 aromatic rings. The smallest absolute Gasteiger partial charge is 0.341 e. The zero-order valence-electron chi connectivity index (χ0n) is 15.4. The molecule has 7 heteroatoms. The van der Waals surface area contributed by atoms with Crippen LogP contribution in [-0.2, 0) is 22.4 Å². The van der Waals surface area contributed by atoms with E-state index in [1.54, 1.807) is 24.3 Å². The van der Waals surface area contributed by atoms with Crippen LogP contribution in [0, 0.1) is 0 Å². The van der Waals surface area contributed by atoms with Gasteiger partial charge in [0.05, 0.1) is 12.7 Å². The van der Waals surface area contributed by atoms with Gasteiger partial charge in [0.15, 0.2) is 0 Å². The molecule has 2 N–H and O–H groups in total. The number of esters is 1. The van der Waals surface area contributed by atoms with Gasteiger partial charge in [-0.1, -0.05) is 6.42 Å². The number of carbonyl (C=O) groups excluding carboxylic acids is 3. The topological polar surface area (TPSA) is 84.5 Å². The molecule has 0 atom stereocenters. The third-order valence-corrected chi connectivity index (χ3v) is 5.71. The van der Waals surface area contributed by atoms with E-state index in [2.05, 4.69) is 10.6 Å². The van der Waals surface area contributed by atoms with Crippen molar-refractivity contribution >= 4 is 39.8 Å². The highest BCUT2D eigenvalue weighted by Crippen LogP contribution is 2.38. The van der Waals surface area contributed by atoms with Crippen molar-refractivity contribution in [3.05, 3.63) is 45.8 Å². The lowest BCUT2D eigenvalue weighted by Gasteiger charge is -2.08. The molecular weight excluding hydrogens is 364 g/mol. The first-order valence-electron chi connectivity index (χ1n) is 8.91. The molecule has 0 saturated heterocycles. The van der Waals surface area contributed by atoms with Gasteiger partial charge >= 0.3 is 5.97 Å². The number of nitrogens with one attached hydrogen (secondary N) is 2. The number of ether oxygens (including phenoxy) is 1. The normalized spacial score (nSPS) is 13.3. The lowest BCUT2D eigenvalue weighted by Crippen LogP contribution is -2.15.